The number of halogens is 4. The smallest absolute Gasteiger partial charge is 0.379 e. The molecule has 0 saturated carbocycles. The van der Waals surface area contributed by atoms with Crippen molar-refractivity contribution in [3.8, 4) is 0 Å². The number of aromatic nitrogens is 1. The number of nitrogens with zero attached hydrogens (tertiary/aromatic N) is 1. The fourth-order valence-electron chi connectivity index (χ4n) is 1.21. The van der Waals surface area contributed by atoms with Crippen LogP contribution >= 0.6 is 22.9 Å². The number of rotatable bonds is 1. The highest BCUT2D eigenvalue weighted by molar-refractivity contribution is 7.19. The Labute approximate surface area is 97.3 Å². The molecule has 0 amide bonds. The average molecular weight is 268 g/mol. The lowest BCUT2D eigenvalue weighted by atomic mass is 10.2. The molecule has 2 aromatic rings. The Morgan fingerprint density at radius 3 is 2.69 bits per heavy atom. The van der Waals surface area contributed by atoms with E-state index < -0.39 is 12.3 Å². The molecule has 0 fully saturated rings. The van der Waals surface area contributed by atoms with Crippen molar-refractivity contribution in [1.29, 1.82) is 0 Å². The minimum absolute atomic E-state index is 0.183. The molecule has 0 aliphatic rings. The van der Waals surface area contributed by atoms with Crippen molar-refractivity contribution in [2.45, 2.75) is 12.3 Å². The van der Waals surface area contributed by atoms with E-state index in [2.05, 4.69) is 4.98 Å². The standard InChI is InChI=1S/C9H5ClF3NOS/c10-7-2-1-5-4(14-7)3-6(16-5)8(15)9(11,12)13/h1-3,8,15H/t8-/m0/s1. The van der Waals surface area contributed by atoms with Crippen LogP contribution in [0.5, 0.6) is 0 Å². The van der Waals surface area contributed by atoms with Crippen molar-refractivity contribution >= 4 is 33.2 Å². The molecule has 1 atom stereocenters. The molecule has 2 heterocycles. The molecule has 0 saturated heterocycles. The molecule has 2 rings (SSSR count). The van der Waals surface area contributed by atoms with Crippen molar-refractivity contribution in [3.63, 3.8) is 0 Å². The second-order valence-corrected chi connectivity index (χ2v) is 4.61. The maximum absolute atomic E-state index is 12.3. The highest BCUT2D eigenvalue weighted by Crippen LogP contribution is 2.38. The molecule has 0 aromatic carbocycles. The summed E-state index contributed by atoms with van der Waals surface area (Å²) in [6, 6.07) is 4.26. The number of thiophene rings is 1. The Morgan fingerprint density at radius 1 is 1.38 bits per heavy atom. The highest BCUT2D eigenvalue weighted by Gasteiger charge is 2.40. The van der Waals surface area contributed by atoms with Crippen molar-refractivity contribution in [2.75, 3.05) is 0 Å². The normalized spacial score (nSPS) is 14.3. The van der Waals surface area contributed by atoms with E-state index in [1.54, 1.807) is 6.07 Å². The van der Waals surface area contributed by atoms with Gasteiger partial charge in [-0.2, -0.15) is 13.2 Å². The van der Waals surface area contributed by atoms with Gasteiger partial charge in [0, 0.05) is 4.88 Å². The van der Waals surface area contributed by atoms with Crippen LogP contribution in [0.25, 0.3) is 10.2 Å². The largest absolute Gasteiger partial charge is 0.419 e. The lowest BCUT2D eigenvalue weighted by molar-refractivity contribution is -0.205. The first-order valence-electron chi connectivity index (χ1n) is 4.18. The van der Waals surface area contributed by atoms with Crippen LogP contribution in [0.1, 0.15) is 11.0 Å². The van der Waals surface area contributed by atoms with Crippen molar-refractivity contribution in [1.82, 2.24) is 4.98 Å². The van der Waals surface area contributed by atoms with Gasteiger partial charge in [-0.05, 0) is 18.2 Å². The molecule has 7 heteroatoms. The van der Waals surface area contributed by atoms with Gasteiger partial charge < -0.3 is 5.11 Å². The van der Waals surface area contributed by atoms with Crippen LogP contribution in [0.15, 0.2) is 18.2 Å². The Bertz CT molecular complexity index is 525. The number of fused-ring (bicyclic) bond motifs is 1. The van der Waals surface area contributed by atoms with Crippen molar-refractivity contribution in [2.24, 2.45) is 0 Å². The number of aliphatic hydroxyl groups is 1. The monoisotopic (exact) mass is 267 g/mol. The molecule has 0 bridgehead atoms. The highest BCUT2D eigenvalue weighted by atomic mass is 35.5. The van der Waals surface area contributed by atoms with Crippen LogP contribution in [0.3, 0.4) is 0 Å². The van der Waals surface area contributed by atoms with Crippen LogP contribution in [0.2, 0.25) is 5.15 Å². The van der Waals surface area contributed by atoms with Crippen LogP contribution in [-0.4, -0.2) is 16.3 Å². The Balaban J connectivity index is 2.47. The first-order valence-corrected chi connectivity index (χ1v) is 5.38. The molecule has 0 spiro atoms. The zero-order valence-corrected chi connectivity index (χ0v) is 9.20. The molecule has 0 aliphatic heterocycles. The summed E-state index contributed by atoms with van der Waals surface area (Å²) in [5.41, 5.74) is 0.357. The van der Waals surface area contributed by atoms with Gasteiger partial charge in [0.15, 0.2) is 6.10 Å². The second-order valence-electron chi connectivity index (χ2n) is 3.11. The lowest BCUT2D eigenvalue weighted by Gasteiger charge is -2.11. The summed E-state index contributed by atoms with van der Waals surface area (Å²) in [6.07, 6.45) is -7.13. The predicted octanol–water partition coefficient (Wildman–Crippen LogP) is 3.55. The minimum atomic E-state index is -4.66. The molecule has 86 valence electrons. The van der Waals surface area contributed by atoms with E-state index in [9.17, 15) is 13.2 Å². The van der Waals surface area contributed by atoms with Crippen molar-refractivity contribution in [3.05, 3.63) is 28.2 Å². The second kappa shape index (κ2) is 3.87. The van der Waals surface area contributed by atoms with E-state index >= 15 is 0 Å². The van der Waals surface area contributed by atoms with Gasteiger partial charge in [0.05, 0.1) is 10.2 Å². The molecule has 2 aromatic heterocycles. The van der Waals surface area contributed by atoms with E-state index in [0.717, 1.165) is 11.3 Å². The van der Waals surface area contributed by atoms with Gasteiger partial charge in [0.25, 0.3) is 0 Å². The van der Waals surface area contributed by atoms with Gasteiger partial charge in [-0.1, -0.05) is 11.6 Å². The number of hydrogen-bond acceptors (Lipinski definition) is 3. The van der Waals surface area contributed by atoms with Crippen LogP contribution in [0.4, 0.5) is 13.2 Å². The van der Waals surface area contributed by atoms with Gasteiger partial charge in [0.2, 0.25) is 0 Å². The third-order valence-corrected chi connectivity index (χ3v) is 3.29. The Kier molecular flexibility index (Phi) is 2.81. The fourth-order valence-corrected chi connectivity index (χ4v) is 2.38. The van der Waals surface area contributed by atoms with Crippen LogP contribution in [-0.2, 0) is 0 Å². The summed E-state index contributed by atoms with van der Waals surface area (Å²) >= 11 is 6.46. The number of aliphatic hydroxyl groups excluding tert-OH is 1. The van der Waals surface area contributed by atoms with Gasteiger partial charge >= 0.3 is 6.18 Å². The van der Waals surface area contributed by atoms with E-state index in [4.69, 9.17) is 16.7 Å². The molecule has 2 nitrogen and oxygen atoms in total. The molecule has 0 unspecified atom stereocenters. The van der Waals surface area contributed by atoms with Gasteiger partial charge in [-0.15, -0.1) is 11.3 Å². The quantitative estimate of drug-likeness (QED) is 0.802. The molecule has 1 N–H and O–H groups in total. The summed E-state index contributed by atoms with van der Waals surface area (Å²) in [4.78, 5) is 3.68. The number of pyridine rings is 1. The molecule has 0 aliphatic carbocycles. The van der Waals surface area contributed by atoms with Crippen LogP contribution in [0, 0.1) is 0 Å². The summed E-state index contributed by atoms with van der Waals surface area (Å²) in [7, 11) is 0. The minimum Gasteiger partial charge on any atom is -0.379 e. The SMILES string of the molecule is O[C@@H](c1cc2nc(Cl)ccc2s1)C(F)(F)F. The molecule has 0 radical (unpaired) electrons. The van der Waals surface area contributed by atoms with E-state index in [1.165, 1.54) is 12.1 Å². The van der Waals surface area contributed by atoms with Crippen molar-refractivity contribution < 1.29 is 18.3 Å². The zero-order valence-electron chi connectivity index (χ0n) is 7.62. The summed E-state index contributed by atoms with van der Waals surface area (Å²) in [5.74, 6) is 0. The summed E-state index contributed by atoms with van der Waals surface area (Å²) in [6.45, 7) is 0. The number of alkyl halides is 3. The lowest BCUT2D eigenvalue weighted by Crippen LogP contribution is -2.18. The molecular formula is C9H5ClF3NOS. The average Bonchev–Trinajstić information content (AvgIpc) is 2.57. The van der Waals surface area contributed by atoms with Crippen LogP contribution < -0.4 is 0 Å². The summed E-state index contributed by atoms with van der Waals surface area (Å²) in [5, 5.41) is 9.26. The maximum atomic E-state index is 12.3. The third kappa shape index (κ3) is 2.14. The van der Waals surface area contributed by atoms with Gasteiger partial charge in [-0.25, -0.2) is 4.98 Å². The third-order valence-electron chi connectivity index (χ3n) is 1.94. The topological polar surface area (TPSA) is 33.1 Å². The van der Waals surface area contributed by atoms with E-state index in [0.29, 0.717) is 10.2 Å². The summed E-state index contributed by atoms with van der Waals surface area (Å²) < 4.78 is 37.3. The molecular weight excluding hydrogens is 263 g/mol. The maximum Gasteiger partial charge on any atom is 0.419 e. The molecule has 16 heavy (non-hydrogen) atoms. The Morgan fingerprint density at radius 2 is 2.06 bits per heavy atom. The fraction of sp³-hybridized carbons (Fsp3) is 0.222. The number of hydrogen-bond donors (Lipinski definition) is 1. The Hall–Kier alpha value is -0.850. The zero-order chi connectivity index (χ0) is 11.9. The van der Waals surface area contributed by atoms with E-state index in [-0.39, 0.29) is 10.0 Å². The van der Waals surface area contributed by atoms with Gasteiger partial charge in [-0.3, -0.25) is 0 Å². The van der Waals surface area contributed by atoms with E-state index in [1.807, 2.05) is 0 Å². The first kappa shape index (κ1) is 11.6. The predicted molar refractivity (Wildman–Crippen MR) is 55.6 cm³/mol. The first-order chi connectivity index (χ1) is 7.38. The van der Waals surface area contributed by atoms with Gasteiger partial charge in [0.1, 0.15) is 5.15 Å².